The second-order valence-electron chi connectivity index (χ2n) is 2.46. The van der Waals surface area contributed by atoms with Crippen LogP contribution in [-0.2, 0) is 0 Å². The number of fused-ring (bicyclic) bond motifs is 1. The molecule has 0 radical (unpaired) electrons. The lowest BCUT2D eigenvalue weighted by Gasteiger charge is -2.10. The maximum Gasteiger partial charge on any atom is 0.202 e. The minimum Gasteiger partial charge on any atom is -0.277 e. The first-order valence-corrected chi connectivity index (χ1v) is 3.45. The van der Waals surface area contributed by atoms with Gasteiger partial charge in [0, 0.05) is 7.05 Å². The van der Waals surface area contributed by atoms with E-state index in [-0.39, 0.29) is 0 Å². The standard InChI is InChI=1S/C5H6N6O2/c1-9-7-4-2-10(11(12)13)3-6-5(4)8-9/h2-3,7H,1H3. The summed E-state index contributed by atoms with van der Waals surface area (Å²) in [5.74, 6) is 0.445. The average Bonchev–Trinajstić information content (AvgIpc) is 2.42. The lowest BCUT2D eigenvalue weighted by Crippen LogP contribution is -2.31. The van der Waals surface area contributed by atoms with Gasteiger partial charge in [-0.05, 0) is 0 Å². The van der Waals surface area contributed by atoms with Gasteiger partial charge in [0.05, 0.1) is 0 Å². The highest BCUT2D eigenvalue weighted by Gasteiger charge is 2.24. The van der Waals surface area contributed by atoms with E-state index in [1.165, 1.54) is 11.3 Å². The Bertz CT molecular complexity index is 345. The zero-order valence-electron chi connectivity index (χ0n) is 6.71. The van der Waals surface area contributed by atoms with Crippen molar-refractivity contribution >= 4 is 12.2 Å². The van der Waals surface area contributed by atoms with E-state index in [4.69, 9.17) is 0 Å². The molecule has 0 saturated heterocycles. The van der Waals surface area contributed by atoms with E-state index in [1.54, 1.807) is 7.05 Å². The fraction of sp³-hybridized carbons (Fsp3) is 0.200. The molecular weight excluding hydrogens is 176 g/mol. The highest BCUT2D eigenvalue weighted by atomic mass is 16.7. The molecule has 0 bridgehead atoms. The maximum absolute atomic E-state index is 10.3. The third kappa shape index (κ3) is 1.17. The van der Waals surface area contributed by atoms with Crippen molar-refractivity contribution in [1.82, 2.24) is 15.6 Å². The van der Waals surface area contributed by atoms with Crippen molar-refractivity contribution in [2.24, 2.45) is 10.1 Å². The molecule has 2 rings (SSSR count). The molecule has 2 heterocycles. The van der Waals surface area contributed by atoms with Crippen LogP contribution in [0.15, 0.2) is 22.0 Å². The van der Waals surface area contributed by atoms with Crippen molar-refractivity contribution in [2.75, 3.05) is 7.05 Å². The van der Waals surface area contributed by atoms with E-state index >= 15 is 0 Å². The number of hydrazone groups is 1. The van der Waals surface area contributed by atoms with Gasteiger partial charge in [0.15, 0.2) is 11.4 Å². The zero-order chi connectivity index (χ0) is 9.42. The summed E-state index contributed by atoms with van der Waals surface area (Å²) in [5, 5.41) is 15.9. The van der Waals surface area contributed by atoms with Crippen LogP contribution in [0.5, 0.6) is 0 Å². The summed E-state index contributed by atoms with van der Waals surface area (Å²) < 4.78 is 0. The van der Waals surface area contributed by atoms with Crippen LogP contribution in [0.4, 0.5) is 0 Å². The van der Waals surface area contributed by atoms with Crippen molar-refractivity contribution in [2.45, 2.75) is 0 Å². The SMILES string of the molecule is CN1N=C2N=CN([N+](=O)[O-])C=C2N1. The van der Waals surface area contributed by atoms with Crippen LogP contribution < -0.4 is 5.43 Å². The quantitative estimate of drug-likeness (QED) is 0.420. The van der Waals surface area contributed by atoms with Gasteiger partial charge in [-0.1, -0.05) is 5.01 Å². The van der Waals surface area contributed by atoms with E-state index in [0.29, 0.717) is 11.5 Å². The van der Waals surface area contributed by atoms with Crippen LogP contribution in [0.1, 0.15) is 0 Å². The predicted molar refractivity (Wildman–Crippen MR) is 43.7 cm³/mol. The van der Waals surface area contributed by atoms with E-state index in [9.17, 15) is 10.1 Å². The highest BCUT2D eigenvalue weighted by molar-refractivity contribution is 6.04. The van der Waals surface area contributed by atoms with Crippen LogP contribution in [-0.4, -0.2) is 34.4 Å². The number of nitrogens with one attached hydrogen (secondary N) is 1. The molecule has 8 heteroatoms. The zero-order valence-corrected chi connectivity index (χ0v) is 6.71. The van der Waals surface area contributed by atoms with Crippen LogP contribution in [0.25, 0.3) is 0 Å². The first kappa shape index (κ1) is 7.53. The summed E-state index contributed by atoms with van der Waals surface area (Å²) in [4.78, 5) is 14.1. The molecular formula is C5H6N6O2. The Balaban J connectivity index is 2.27. The van der Waals surface area contributed by atoms with Gasteiger partial charge in [0.2, 0.25) is 5.84 Å². The van der Waals surface area contributed by atoms with Crippen LogP contribution in [0, 0.1) is 10.1 Å². The average molecular weight is 182 g/mol. The number of amidine groups is 1. The van der Waals surface area contributed by atoms with Crippen molar-refractivity contribution < 1.29 is 5.03 Å². The molecule has 0 unspecified atom stereocenters. The van der Waals surface area contributed by atoms with Gasteiger partial charge >= 0.3 is 0 Å². The number of hydrogen-bond donors (Lipinski definition) is 1. The second kappa shape index (κ2) is 2.44. The molecule has 0 aromatic rings. The molecule has 0 fully saturated rings. The Morgan fingerprint density at radius 1 is 1.69 bits per heavy atom. The number of aliphatic imine (C=N–C) groups is 1. The Morgan fingerprint density at radius 3 is 3.15 bits per heavy atom. The molecule has 2 aliphatic heterocycles. The molecule has 8 nitrogen and oxygen atoms in total. The largest absolute Gasteiger partial charge is 0.277 e. The molecule has 68 valence electrons. The normalized spacial score (nSPS) is 19.2. The number of rotatable bonds is 1. The number of hydrazine groups is 2. The van der Waals surface area contributed by atoms with E-state index in [2.05, 4.69) is 15.5 Å². The molecule has 0 aromatic carbocycles. The fourth-order valence-corrected chi connectivity index (χ4v) is 0.996. The molecule has 0 spiro atoms. The van der Waals surface area contributed by atoms with Gasteiger partial charge in [0.25, 0.3) is 0 Å². The summed E-state index contributed by atoms with van der Waals surface area (Å²) in [7, 11) is 1.68. The van der Waals surface area contributed by atoms with Crippen LogP contribution in [0.2, 0.25) is 0 Å². The molecule has 2 aliphatic rings. The number of nitro groups is 1. The Hall–Kier alpha value is -2.12. The molecule has 0 saturated carbocycles. The third-order valence-corrected chi connectivity index (χ3v) is 1.52. The Kier molecular flexibility index (Phi) is 1.41. The predicted octanol–water partition coefficient (Wildman–Crippen LogP) is -0.873. The molecule has 0 atom stereocenters. The molecule has 13 heavy (non-hydrogen) atoms. The molecule has 1 N–H and O–H groups in total. The fourth-order valence-electron chi connectivity index (χ4n) is 0.996. The minimum absolute atomic E-state index is 0.445. The van der Waals surface area contributed by atoms with Gasteiger partial charge < -0.3 is 0 Å². The van der Waals surface area contributed by atoms with Gasteiger partial charge in [-0.15, -0.1) is 5.10 Å². The van der Waals surface area contributed by atoms with Crippen LogP contribution >= 0.6 is 0 Å². The summed E-state index contributed by atoms with van der Waals surface area (Å²) in [6, 6.07) is 0. The van der Waals surface area contributed by atoms with Gasteiger partial charge in [-0.25, -0.2) is 20.2 Å². The monoisotopic (exact) mass is 182 g/mol. The van der Waals surface area contributed by atoms with Crippen molar-refractivity contribution in [1.29, 1.82) is 0 Å². The lowest BCUT2D eigenvalue weighted by molar-refractivity contribution is -0.612. The molecule has 0 aromatic heterocycles. The minimum atomic E-state index is -0.576. The van der Waals surface area contributed by atoms with Gasteiger partial charge in [-0.2, -0.15) is 0 Å². The van der Waals surface area contributed by atoms with Crippen molar-refractivity contribution in [3.8, 4) is 0 Å². The van der Waals surface area contributed by atoms with E-state index < -0.39 is 5.03 Å². The Morgan fingerprint density at radius 2 is 2.46 bits per heavy atom. The number of nitrogens with zero attached hydrogens (tertiary/aromatic N) is 5. The third-order valence-electron chi connectivity index (χ3n) is 1.52. The van der Waals surface area contributed by atoms with Crippen LogP contribution in [0.3, 0.4) is 0 Å². The smallest absolute Gasteiger partial charge is 0.202 e. The summed E-state index contributed by atoms with van der Waals surface area (Å²) in [5.41, 5.74) is 3.29. The number of hydrogen-bond acceptors (Lipinski definition) is 6. The van der Waals surface area contributed by atoms with E-state index in [1.807, 2.05) is 0 Å². The Labute approximate surface area is 72.9 Å². The van der Waals surface area contributed by atoms with Crippen molar-refractivity contribution in [3.05, 3.63) is 22.0 Å². The molecule has 0 amide bonds. The maximum atomic E-state index is 10.3. The summed E-state index contributed by atoms with van der Waals surface area (Å²) in [6.45, 7) is 0. The first-order chi connectivity index (χ1) is 6.16. The van der Waals surface area contributed by atoms with Crippen molar-refractivity contribution in [3.63, 3.8) is 0 Å². The van der Waals surface area contributed by atoms with Gasteiger partial charge in [-0.3, -0.25) is 5.43 Å². The summed E-state index contributed by atoms with van der Waals surface area (Å²) in [6.07, 6.45) is 2.42. The summed E-state index contributed by atoms with van der Waals surface area (Å²) >= 11 is 0. The lowest BCUT2D eigenvalue weighted by atomic mass is 10.4. The highest BCUT2D eigenvalue weighted by Crippen LogP contribution is 2.10. The van der Waals surface area contributed by atoms with E-state index in [0.717, 1.165) is 11.3 Å². The first-order valence-electron chi connectivity index (χ1n) is 3.45. The molecule has 0 aliphatic carbocycles. The second-order valence-corrected chi connectivity index (χ2v) is 2.46. The van der Waals surface area contributed by atoms with Gasteiger partial charge in [0.1, 0.15) is 11.9 Å². The topological polar surface area (TPSA) is 86.4 Å².